The molecule has 27 heavy (non-hydrogen) atoms. The largest absolute Gasteiger partial charge is 0.508 e. The van der Waals surface area contributed by atoms with E-state index in [9.17, 15) is 5.11 Å². The molecule has 2 heterocycles. The Balaban J connectivity index is 1.80. The summed E-state index contributed by atoms with van der Waals surface area (Å²) in [5.41, 5.74) is 4.08. The molecule has 0 saturated heterocycles. The van der Waals surface area contributed by atoms with E-state index in [4.69, 9.17) is 4.98 Å². The zero-order valence-electron chi connectivity index (χ0n) is 16.0. The van der Waals surface area contributed by atoms with Crippen molar-refractivity contribution in [2.24, 2.45) is 5.92 Å². The van der Waals surface area contributed by atoms with E-state index < -0.39 is 0 Å². The predicted molar refractivity (Wildman–Crippen MR) is 108 cm³/mol. The number of aromatic nitrogens is 2. The van der Waals surface area contributed by atoms with Gasteiger partial charge < -0.3 is 5.11 Å². The Bertz CT molecular complexity index is 849. The fraction of sp³-hybridized carbons (Fsp3) is 0.304. The predicted octanol–water partition coefficient (Wildman–Crippen LogP) is 4.58. The van der Waals surface area contributed by atoms with Crippen molar-refractivity contribution in [3.8, 4) is 5.75 Å². The smallest absolute Gasteiger partial charge is 0.120 e. The quantitative estimate of drug-likeness (QED) is 0.638. The first-order valence-electron chi connectivity index (χ1n) is 9.44. The maximum absolute atomic E-state index is 10.2. The van der Waals surface area contributed by atoms with E-state index in [1.54, 1.807) is 6.07 Å². The number of hydrogen-bond donors (Lipinski definition) is 1. The van der Waals surface area contributed by atoms with Gasteiger partial charge in [-0.2, -0.15) is 0 Å². The SMILES string of the molecule is CC(C)Cc1cccc(CN(Cc2ccccn2)Cc2ccccc2O)n1. The fourth-order valence-electron chi connectivity index (χ4n) is 3.15. The van der Waals surface area contributed by atoms with Crippen LogP contribution in [0, 0.1) is 5.92 Å². The van der Waals surface area contributed by atoms with Crippen molar-refractivity contribution >= 4 is 0 Å². The lowest BCUT2D eigenvalue weighted by molar-refractivity contribution is 0.238. The first-order valence-corrected chi connectivity index (χ1v) is 9.44. The number of pyridine rings is 2. The normalized spacial score (nSPS) is 11.3. The molecular formula is C23H27N3O. The molecule has 1 N–H and O–H groups in total. The molecule has 3 aromatic rings. The molecule has 0 bridgehead atoms. The number of phenolic OH excluding ortho intramolecular Hbond substituents is 1. The molecule has 2 aromatic heterocycles. The van der Waals surface area contributed by atoms with Gasteiger partial charge in [0, 0.05) is 37.1 Å². The lowest BCUT2D eigenvalue weighted by Gasteiger charge is -2.22. The molecule has 4 heteroatoms. The molecule has 0 atom stereocenters. The van der Waals surface area contributed by atoms with Crippen LogP contribution < -0.4 is 0 Å². The second kappa shape index (κ2) is 9.28. The lowest BCUT2D eigenvalue weighted by atomic mass is 10.1. The summed E-state index contributed by atoms with van der Waals surface area (Å²) in [6.45, 7) is 6.46. The third-order valence-electron chi connectivity index (χ3n) is 4.36. The zero-order chi connectivity index (χ0) is 19.1. The second-order valence-corrected chi connectivity index (χ2v) is 7.31. The molecule has 0 spiro atoms. The van der Waals surface area contributed by atoms with Crippen LogP contribution in [0.5, 0.6) is 5.75 Å². The molecular weight excluding hydrogens is 334 g/mol. The summed E-state index contributed by atoms with van der Waals surface area (Å²) in [7, 11) is 0. The van der Waals surface area contributed by atoms with Gasteiger partial charge in [-0.05, 0) is 42.7 Å². The van der Waals surface area contributed by atoms with Gasteiger partial charge in [0.25, 0.3) is 0 Å². The Hall–Kier alpha value is -2.72. The van der Waals surface area contributed by atoms with Gasteiger partial charge in [0.15, 0.2) is 0 Å². The number of phenols is 1. The van der Waals surface area contributed by atoms with Gasteiger partial charge in [-0.3, -0.25) is 14.9 Å². The number of benzene rings is 1. The summed E-state index contributed by atoms with van der Waals surface area (Å²) in [5.74, 6) is 0.906. The molecule has 4 nitrogen and oxygen atoms in total. The maximum Gasteiger partial charge on any atom is 0.120 e. The van der Waals surface area contributed by atoms with Gasteiger partial charge in [0.1, 0.15) is 5.75 Å². The molecule has 0 unspecified atom stereocenters. The molecule has 0 aliphatic heterocycles. The summed E-state index contributed by atoms with van der Waals surface area (Å²) in [6, 6.07) is 19.7. The van der Waals surface area contributed by atoms with E-state index in [1.807, 2.05) is 42.6 Å². The summed E-state index contributed by atoms with van der Waals surface area (Å²) < 4.78 is 0. The van der Waals surface area contributed by atoms with E-state index in [-0.39, 0.29) is 0 Å². The van der Waals surface area contributed by atoms with Crippen LogP contribution in [0.1, 0.15) is 36.5 Å². The Kier molecular flexibility index (Phi) is 6.55. The Morgan fingerprint density at radius 1 is 0.815 bits per heavy atom. The van der Waals surface area contributed by atoms with Gasteiger partial charge in [-0.15, -0.1) is 0 Å². The van der Waals surface area contributed by atoms with Crippen LogP contribution in [0.25, 0.3) is 0 Å². The average molecular weight is 361 g/mol. The van der Waals surface area contributed by atoms with Gasteiger partial charge in [0.05, 0.1) is 11.4 Å². The van der Waals surface area contributed by atoms with Crippen LogP contribution in [0.3, 0.4) is 0 Å². The van der Waals surface area contributed by atoms with Crippen molar-refractivity contribution in [1.82, 2.24) is 14.9 Å². The minimum absolute atomic E-state index is 0.324. The van der Waals surface area contributed by atoms with Gasteiger partial charge in [-0.1, -0.05) is 44.2 Å². The number of nitrogens with zero attached hydrogens (tertiary/aromatic N) is 3. The highest BCUT2D eigenvalue weighted by atomic mass is 16.3. The van der Waals surface area contributed by atoms with Crippen molar-refractivity contribution in [1.29, 1.82) is 0 Å². The van der Waals surface area contributed by atoms with Gasteiger partial charge in [0.2, 0.25) is 0 Å². The monoisotopic (exact) mass is 361 g/mol. The molecule has 0 aliphatic rings. The minimum Gasteiger partial charge on any atom is -0.508 e. The van der Waals surface area contributed by atoms with Crippen molar-refractivity contribution in [2.75, 3.05) is 0 Å². The molecule has 0 saturated carbocycles. The average Bonchev–Trinajstić information content (AvgIpc) is 2.64. The Morgan fingerprint density at radius 3 is 2.26 bits per heavy atom. The van der Waals surface area contributed by atoms with Crippen LogP contribution in [0.15, 0.2) is 66.9 Å². The molecule has 0 radical (unpaired) electrons. The van der Waals surface area contributed by atoms with E-state index in [0.717, 1.165) is 29.1 Å². The highest BCUT2D eigenvalue weighted by molar-refractivity contribution is 5.31. The van der Waals surface area contributed by atoms with Crippen molar-refractivity contribution in [3.63, 3.8) is 0 Å². The Morgan fingerprint density at radius 2 is 1.52 bits per heavy atom. The number of aromatic hydroxyl groups is 1. The summed E-state index contributed by atoms with van der Waals surface area (Å²) in [5, 5.41) is 10.2. The highest BCUT2D eigenvalue weighted by Crippen LogP contribution is 2.20. The number of rotatable bonds is 8. The third kappa shape index (κ3) is 5.90. The first-order chi connectivity index (χ1) is 13.1. The highest BCUT2D eigenvalue weighted by Gasteiger charge is 2.12. The molecule has 0 amide bonds. The summed E-state index contributed by atoms with van der Waals surface area (Å²) in [4.78, 5) is 11.6. The maximum atomic E-state index is 10.2. The molecule has 0 aliphatic carbocycles. The van der Waals surface area contributed by atoms with Crippen LogP contribution in [0.4, 0.5) is 0 Å². The van der Waals surface area contributed by atoms with Crippen molar-refractivity contribution in [2.45, 2.75) is 39.9 Å². The third-order valence-corrected chi connectivity index (χ3v) is 4.36. The standard InChI is InChI=1S/C23H27N3O/c1-18(2)14-20-10-7-11-22(25-20)17-26(16-21-9-5-6-13-24-21)15-19-8-3-4-12-23(19)27/h3-13,18,27H,14-17H2,1-2H3. The van der Waals surface area contributed by atoms with E-state index in [2.05, 4.69) is 41.9 Å². The minimum atomic E-state index is 0.324. The Labute approximate surface area is 161 Å². The lowest BCUT2D eigenvalue weighted by Crippen LogP contribution is -2.23. The van der Waals surface area contributed by atoms with E-state index in [0.29, 0.717) is 31.3 Å². The van der Waals surface area contributed by atoms with Crippen LogP contribution in [-0.2, 0) is 26.1 Å². The van der Waals surface area contributed by atoms with E-state index in [1.165, 1.54) is 0 Å². The van der Waals surface area contributed by atoms with Crippen LogP contribution >= 0.6 is 0 Å². The van der Waals surface area contributed by atoms with Gasteiger partial charge >= 0.3 is 0 Å². The molecule has 1 aromatic carbocycles. The van der Waals surface area contributed by atoms with E-state index >= 15 is 0 Å². The summed E-state index contributed by atoms with van der Waals surface area (Å²) >= 11 is 0. The first kappa shape index (κ1) is 19.1. The fourth-order valence-corrected chi connectivity index (χ4v) is 3.15. The molecule has 3 rings (SSSR count). The summed E-state index contributed by atoms with van der Waals surface area (Å²) in [6.07, 6.45) is 2.79. The van der Waals surface area contributed by atoms with Gasteiger partial charge in [-0.25, -0.2) is 0 Å². The number of hydrogen-bond acceptors (Lipinski definition) is 4. The number of para-hydroxylation sites is 1. The van der Waals surface area contributed by atoms with Crippen LogP contribution in [0.2, 0.25) is 0 Å². The van der Waals surface area contributed by atoms with Crippen molar-refractivity contribution in [3.05, 3.63) is 89.5 Å². The molecule has 140 valence electrons. The van der Waals surface area contributed by atoms with Crippen LogP contribution in [-0.4, -0.2) is 20.0 Å². The molecule has 0 fully saturated rings. The zero-order valence-corrected chi connectivity index (χ0v) is 16.0. The van der Waals surface area contributed by atoms with Crippen molar-refractivity contribution < 1.29 is 5.11 Å². The topological polar surface area (TPSA) is 49.2 Å². The second-order valence-electron chi connectivity index (χ2n) is 7.31.